The average molecular weight is 473 g/mol. The first-order valence-electron chi connectivity index (χ1n) is 10.0. The Labute approximate surface area is 190 Å². The van der Waals surface area contributed by atoms with E-state index in [1.54, 1.807) is 6.07 Å². The van der Waals surface area contributed by atoms with Gasteiger partial charge in [0.25, 0.3) is 5.78 Å². The normalized spacial score (nSPS) is 21.0. The van der Waals surface area contributed by atoms with Crippen LogP contribution < -0.4 is 11.1 Å². The van der Waals surface area contributed by atoms with Gasteiger partial charge in [-0.2, -0.15) is 13.2 Å². The Kier molecular flexibility index (Phi) is 8.07. The van der Waals surface area contributed by atoms with Crippen molar-refractivity contribution in [3.63, 3.8) is 0 Å². The van der Waals surface area contributed by atoms with E-state index in [0.29, 0.717) is 35.6 Å². The third kappa shape index (κ3) is 5.48. The van der Waals surface area contributed by atoms with Gasteiger partial charge >= 0.3 is 6.18 Å². The highest BCUT2D eigenvalue weighted by Gasteiger charge is 2.41. The Bertz CT molecular complexity index is 969. The predicted molar refractivity (Wildman–Crippen MR) is 116 cm³/mol. The van der Waals surface area contributed by atoms with E-state index >= 15 is 0 Å². The zero-order chi connectivity index (χ0) is 22.8. The van der Waals surface area contributed by atoms with Gasteiger partial charge in [0.2, 0.25) is 5.91 Å². The highest BCUT2D eigenvalue weighted by molar-refractivity contribution is 6.00. The molecule has 3 rings (SSSR count). The molecule has 0 heterocycles. The van der Waals surface area contributed by atoms with Gasteiger partial charge in [0.05, 0.1) is 5.41 Å². The standard InChI is InChI=1S/C23H24F4N2O2.ClH/c1-29-18-8-10-22(11-9-18,21(28)31)13-17-12-16(6-7-19(17)24)14-2-4-15(5-3-14)20(30)23(25,26)27;/h2-7,12,18,29H,8-11,13H2,1H3,(H2,28,31);1H. The third-order valence-electron chi connectivity index (χ3n) is 6.19. The van der Waals surface area contributed by atoms with Crippen LogP contribution in [0.2, 0.25) is 0 Å². The molecule has 0 unspecified atom stereocenters. The molecule has 3 N–H and O–H groups in total. The lowest BCUT2D eigenvalue weighted by atomic mass is 9.68. The van der Waals surface area contributed by atoms with Crippen LogP contribution in [0.25, 0.3) is 11.1 Å². The lowest BCUT2D eigenvalue weighted by Gasteiger charge is -2.38. The average Bonchev–Trinajstić information content (AvgIpc) is 2.74. The molecule has 0 bridgehead atoms. The van der Waals surface area contributed by atoms with Crippen LogP contribution in [0.3, 0.4) is 0 Å². The predicted octanol–water partition coefficient (Wildman–Crippen LogP) is 4.84. The zero-order valence-corrected chi connectivity index (χ0v) is 18.3. The largest absolute Gasteiger partial charge is 0.454 e. The Morgan fingerprint density at radius 3 is 2.12 bits per heavy atom. The number of hydrogen-bond donors (Lipinski definition) is 2. The minimum Gasteiger partial charge on any atom is -0.369 e. The Balaban J connectivity index is 0.00000363. The summed E-state index contributed by atoms with van der Waals surface area (Å²) in [4.78, 5) is 23.6. The molecule has 1 aliphatic rings. The number of nitrogens with one attached hydrogen (secondary N) is 1. The first-order chi connectivity index (χ1) is 14.6. The van der Waals surface area contributed by atoms with Crippen molar-refractivity contribution in [2.75, 3.05) is 7.05 Å². The first kappa shape index (κ1) is 25.8. The van der Waals surface area contributed by atoms with Crippen molar-refractivity contribution in [3.8, 4) is 11.1 Å². The summed E-state index contributed by atoms with van der Waals surface area (Å²) in [5.41, 5.74) is 5.85. The second kappa shape index (κ2) is 10.0. The number of ketones is 1. The van der Waals surface area contributed by atoms with E-state index in [-0.39, 0.29) is 18.8 Å². The van der Waals surface area contributed by atoms with Crippen LogP contribution in [-0.4, -0.2) is 31.0 Å². The van der Waals surface area contributed by atoms with Crippen LogP contribution in [0.4, 0.5) is 17.6 Å². The molecule has 0 aliphatic heterocycles. The summed E-state index contributed by atoms with van der Waals surface area (Å²) in [5, 5.41) is 3.19. The van der Waals surface area contributed by atoms with E-state index in [4.69, 9.17) is 5.73 Å². The summed E-state index contributed by atoms with van der Waals surface area (Å²) in [6.07, 6.45) is -2.18. The number of primary amides is 1. The summed E-state index contributed by atoms with van der Waals surface area (Å²) in [5.74, 6) is -2.84. The molecule has 0 spiro atoms. The molecule has 1 saturated carbocycles. The maximum Gasteiger partial charge on any atom is 0.454 e. The number of nitrogens with two attached hydrogens (primary N) is 1. The molecule has 0 radical (unpaired) electrons. The zero-order valence-electron chi connectivity index (χ0n) is 17.5. The van der Waals surface area contributed by atoms with Crippen molar-refractivity contribution in [1.29, 1.82) is 0 Å². The van der Waals surface area contributed by atoms with Gasteiger partial charge in [-0.1, -0.05) is 30.3 Å². The molecule has 0 aromatic heterocycles. The molecule has 1 amide bonds. The van der Waals surface area contributed by atoms with Gasteiger partial charge in [0, 0.05) is 11.6 Å². The van der Waals surface area contributed by atoms with Crippen molar-refractivity contribution in [1.82, 2.24) is 5.32 Å². The number of Topliss-reactive ketones (excluding diaryl/α,β-unsaturated/α-hetero) is 1. The summed E-state index contributed by atoms with van der Waals surface area (Å²) < 4.78 is 52.4. The molecule has 174 valence electrons. The number of hydrogen-bond acceptors (Lipinski definition) is 3. The Morgan fingerprint density at radius 2 is 1.62 bits per heavy atom. The van der Waals surface area contributed by atoms with Crippen molar-refractivity contribution < 1.29 is 27.2 Å². The van der Waals surface area contributed by atoms with Gasteiger partial charge in [0.15, 0.2) is 0 Å². The summed E-state index contributed by atoms with van der Waals surface area (Å²) in [6.45, 7) is 0. The lowest BCUT2D eigenvalue weighted by Crippen LogP contribution is -2.45. The second-order valence-electron chi connectivity index (χ2n) is 8.09. The number of carbonyl (C=O) groups excluding carboxylic acids is 2. The molecule has 0 atom stereocenters. The second-order valence-corrected chi connectivity index (χ2v) is 8.09. The van der Waals surface area contributed by atoms with E-state index in [1.807, 2.05) is 7.05 Å². The molecule has 4 nitrogen and oxygen atoms in total. The van der Waals surface area contributed by atoms with Gasteiger partial charge < -0.3 is 11.1 Å². The molecule has 0 saturated heterocycles. The smallest absolute Gasteiger partial charge is 0.369 e. The van der Waals surface area contributed by atoms with Gasteiger partial charge in [-0.3, -0.25) is 9.59 Å². The first-order valence-corrected chi connectivity index (χ1v) is 10.0. The maximum atomic E-state index is 14.6. The Morgan fingerprint density at radius 1 is 1.06 bits per heavy atom. The highest BCUT2D eigenvalue weighted by atomic mass is 35.5. The number of amides is 1. The van der Waals surface area contributed by atoms with E-state index < -0.39 is 34.7 Å². The van der Waals surface area contributed by atoms with E-state index in [1.165, 1.54) is 24.3 Å². The molecular formula is C23H25ClF4N2O2. The van der Waals surface area contributed by atoms with Crippen molar-refractivity contribution in [2.24, 2.45) is 11.1 Å². The van der Waals surface area contributed by atoms with Crippen LogP contribution in [0.1, 0.15) is 41.6 Å². The molecule has 1 aliphatic carbocycles. The quantitative estimate of drug-likeness (QED) is 0.467. The van der Waals surface area contributed by atoms with Gasteiger partial charge in [-0.25, -0.2) is 4.39 Å². The van der Waals surface area contributed by atoms with Gasteiger partial charge in [0.1, 0.15) is 5.82 Å². The molecule has 1 fully saturated rings. The van der Waals surface area contributed by atoms with Crippen molar-refractivity contribution >= 4 is 24.1 Å². The van der Waals surface area contributed by atoms with E-state index in [2.05, 4.69) is 5.32 Å². The molecular weight excluding hydrogens is 448 g/mol. The minimum atomic E-state index is -4.94. The molecule has 32 heavy (non-hydrogen) atoms. The molecule has 9 heteroatoms. The van der Waals surface area contributed by atoms with Crippen LogP contribution >= 0.6 is 12.4 Å². The van der Waals surface area contributed by atoms with Gasteiger partial charge in [-0.05, 0) is 68.0 Å². The minimum absolute atomic E-state index is 0. The fourth-order valence-electron chi connectivity index (χ4n) is 4.20. The number of rotatable bonds is 6. The van der Waals surface area contributed by atoms with Crippen molar-refractivity contribution in [2.45, 2.75) is 44.3 Å². The van der Waals surface area contributed by atoms with Crippen LogP contribution in [0.15, 0.2) is 42.5 Å². The van der Waals surface area contributed by atoms with Crippen LogP contribution in [0.5, 0.6) is 0 Å². The number of halogens is 5. The highest BCUT2D eigenvalue weighted by Crippen LogP contribution is 2.40. The van der Waals surface area contributed by atoms with E-state index in [0.717, 1.165) is 25.0 Å². The number of benzene rings is 2. The SMILES string of the molecule is CNC1CCC(Cc2cc(-c3ccc(C(=O)C(F)(F)F)cc3)ccc2F)(C(N)=O)CC1.Cl. The van der Waals surface area contributed by atoms with E-state index in [9.17, 15) is 27.2 Å². The summed E-state index contributed by atoms with van der Waals surface area (Å²) >= 11 is 0. The van der Waals surface area contributed by atoms with Crippen LogP contribution in [0, 0.1) is 11.2 Å². The summed E-state index contributed by atoms with van der Waals surface area (Å²) in [7, 11) is 1.86. The summed E-state index contributed by atoms with van der Waals surface area (Å²) in [6, 6.07) is 9.63. The van der Waals surface area contributed by atoms with Crippen molar-refractivity contribution in [3.05, 3.63) is 59.4 Å². The fraction of sp³-hybridized carbons (Fsp3) is 0.391. The maximum absolute atomic E-state index is 14.6. The van der Waals surface area contributed by atoms with Crippen LogP contribution in [-0.2, 0) is 11.2 Å². The topological polar surface area (TPSA) is 72.2 Å². The fourth-order valence-corrected chi connectivity index (χ4v) is 4.20. The third-order valence-corrected chi connectivity index (χ3v) is 6.19. The molecule has 2 aromatic rings. The monoisotopic (exact) mass is 472 g/mol. The van der Waals surface area contributed by atoms with Gasteiger partial charge in [-0.15, -0.1) is 12.4 Å². The Hall–Kier alpha value is -2.45. The number of alkyl halides is 3. The lowest BCUT2D eigenvalue weighted by molar-refractivity contribution is -0.129. The number of carbonyl (C=O) groups is 2. The molecule has 2 aromatic carbocycles.